The summed E-state index contributed by atoms with van der Waals surface area (Å²) < 4.78 is 19.9. The summed E-state index contributed by atoms with van der Waals surface area (Å²) in [7, 11) is 0. The quantitative estimate of drug-likeness (QED) is 0.0145. The molecule has 0 aliphatic carbocycles. The number of allylic oxidation sites excluding steroid dienone is 8. The van der Waals surface area contributed by atoms with Crippen molar-refractivity contribution in [1.82, 2.24) is 0 Å². The van der Waals surface area contributed by atoms with E-state index in [0.29, 0.717) is 75.1 Å². The molecule has 0 saturated carbocycles. The average Bonchev–Trinajstić information content (AvgIpc) is 3.82. The summed E-state index contributed by atoms with van der Waals surface area (Å²) in [6.07, 6.45) is 93.1. The Balaban J connectivity index is -0.000000157. The molecule has 0 aromatic heterocycles. The van der Waals surface area contributed by atoms with Crippen LogP contribution in [0.5, 0.6) is 0 Å². The normalized spacial score (nSPS) is 10.7. The molecule has 596 valence electrons. The monoisotopic (exact) mass is 1730 g/mol. The third-order valence-electron chi connectivity index (χ3n) is 17.0. The van der Waals surface area contributed by atoms with E-state index in [0.717, 1.165) is 51.4 Å². The summed E-state index contributed by atoms with van der Waals surface area (Å²) in [5, 5.41) is 0. The van der Waals surface area contributed by atoms with Gasteiger partial charge in [-0.15, -0.1) is 23.0 Å². The standard InChI is InChI=1S/4C21H40O2S.2CH4.H2S.2Sn/c4*1-2-3-4-5-6-7-8-9-10-11-12-13-14-15-16-17-18-21(22)23-19-20-24;;;;;/h4*6-7,24H,2-5,8-20H2,1H3;2*1H4;1H2;;/q;;;;;;;2*+2/p-4/b4*7-6+;;;;;. The van der Waals surface area contributed by atoms with Crippen LogP contribution in [-0.2, 0) is 88.6 Å². The zero-order valence-electron chi connectivity index (χ0n) is 65.1. The maximum Gasteiger partial charge on any atom is 2.00 e. The first-order chi connectivity index (χ1) is 47.2. The fraction of sp³-hybridized carbons (Fsp3) is 0.860. The van der Waals surface area contributed by atoms with Crippen LogP contribution in [0.25, 0.3) is 0 Å². The molecule has 8 nitrogen and oxygen atoms in total. The van der Waals surface area contributed by atoms with Crippen molar-refractivity contribution in [3.63, 3.8) is 0 Å². The number of esters is 4. The Labute approximate surface area is 693 Å². The van der Waals surface area contributed by atoms with E-state index in [4.69, 9.17) is 69.5 Å². The minimum Gasteiger partial charge on any atom is -0.789 e. The van der Waals surface area contributed by atoms with Crippen LogP contribution >= 0.6 is 13.5 Å². The van der Waals surface area contributed by atoms with Crippen LogP contribution in [0.4, 0.5) is 0 Å². The zero-order chi connectivity index (χ0) is 70.9. The van der Waals surface area contributed by atoms with Crippen molar-refractivity contribution in [1.29, 1.82) is 0 Å². The molecule has 4 radical (unpaired) electrons. The zero-order valence-corrected chi connectivity index (χ0v) is 75.1. The molecule has 0 amide bonds. The molecular formula is C86H166O8S5Sn2. The van der Waals surface area contributed by atoms with Gasteiger partial charge >= 0.3 is 71.7 Å². The first-order valence-corrected chi connectivity index (χ1v) is 43.1. The molecule has 0 aromatic rings. The van der Waals surface area contributed by atoms with Crippen LogP contribution in [0, 0.1) is 0 Å². The van der Waals surface area contributed by atoms with Gasteiger partial charge in [-0.05, 0) is 128 Å². The molecule has 0 bridgehead atoms. The Morgan fingerprint density at radius 3 is 0.465 bits per heavy atom. The van der Waals surface area contributed by atoms with E-state index in [1.807, 2.05) is 0 Å². The number of carbonyl (C=O) groups excluding carboxylic acids is 4. The summed E-state index contributed by atoms with van der Waals surface area (Å²) in [5.41, 5.74) is 0. The Kier molecular flexibility index (Phi) is 137. The van der Waals surface area contributed by atoms with Gasteiger partial charge in [-0.3, -0.25) is 19.2 Å². The van der Waals surface area contributed by atoms with Gasteiger partial charge in [0, 0.05) is 25.7 Å². The first-order valence-electron chi connectivity index (χ1n) is 40.8. The average molecular weight is 1730 g/mol. The molecule has 0 aromatic carbocycles. The van der Waals surface area contributed by atoms with E-state index in [2.05, 4.69) is 76.3 Å². The fourth-order valence-electron chi connectivity index (χ4n) is 11.0. The molecule has 0 spiro atoms. The molecule has 0 fully saturated rings. The van der Waals surface area contributed by atoms with Crippen molar-refractivity contribution in [2.45, 2.75) is 428 Å². The van der Waals surface area contributed by atoms with E-state index < -0.39 is 0 Å². The van der Waals surface area contributed by atoms with Crippen molar-refractivity contribution in [2.24, 2.45) is 0 Å². The van der Waals surface area contributed by atoms with Crippen molar-refractivity contribution < 1.29 is 38.1 Å². The topological polar surface area (TPSA) is 105 Å². The van der Waals surface area contributed by atoms with Gasteiger partial charge in [-0.2, -0.15) is 13.5 Å². The molecule has 0 heterocycles. The summed E-state index contributed by atoms with van der Waals surface area (Å²) in [4.78, 5) is 45.1. The first kappa shape index (κ1) is 120. The summed E-state index contributed by atoms with van der Waals surface area (Å²) in [5.74, 6) is 1.67. The van der Waals surface area contributed by atoms with Gasteiger partial charge in [-0.25, -0.2) is 0 Å². The predicted molar refractivity (Wildman–Crippen MR) is 464 cm³/mol. The SMILES string of the molecule is C.C.CCCCC/C=C/CCCCCCCCCCCC(=O)OCC[S-].CCCCC/C=C/CCCCCCCCCCCC(=O)OCC[S-].CCCCC/C=C/CCCCCCCCCCCC(=O)OCC[S-].CCCCC/C=C/CCCCCCCCCCCC(=O)OCC[S-].S.[Sn+2].[Sn+2]. The largest absolute Gasteiger partial charge is 2.00 e. The van der Waals surface area contributed by atoms with Gasteiger partial charge in [0.25, 0.3) is 0 Å². The van der Waals surface area contributed by atoms with Gasteiger partial charge in [0.05, 0.1) is 26.4 Å². The number of hydrogen-bond donors (Lipinski definition) is 0. The minimum atomic E-state index is -0.0840. The number of ether oxygens (including phenoxy) is 4. The van der Waals surface area contributed by atoms with Crippen molar-refractivity contribution >= 4 is 136 Å². The van der Waals surface area contributed by atoms with Gasteiger partial charge in [-0.1, -0.05) is 322 Å². The fourth-order valence-corrected chi connectivity index (χ4v) is 11.3. The summed E-state index contributed by atoms with van der Waals surface area (Å²) in [6, 6.07) is 0. The predicted octanol–water partition coefficient (Wildman–Crippen LogP) is 26.6. The molecule has 0 aliphatic rings. The van der Waals surface area contributed by atoms with Crippen LogP contribution in [0.15, 0.2) is 48.6 Å². The summed E-state index contributed by atoms with van der Waals surface area (Å²) in [6.45, 7) is 10.6. The molecular weight excluding hydrogens is 1560 g/mol. The summed E-state index contributed by atoms with van der Waals surface area (Å²) >= 11 is 19.0. The Morgan fingerprint density at radius 2 is 0.337 bits per heavy atom. The smallest absolute Gasteiger partial charge is 0.789 e. The van der Waals surface area contributed by atoms with Gasteiger partial charge in [0.2, 0.25) is 0 Å². The third-order valence-corrected chi connectivity index (χ3v) is 17.6. The number of rotatable bonds is 72. The van der Waals surface area contributed by atoms with Gasteiger partial charge in [0.15, 0.2) is 0 Å². The maximum absolute atomic E-state index is 11.3. The van der Waals surface area contributed by atoms with E-state index in [1.165, 1.54) is 308 Å². The van der Waals surface area contributed by atoms with E-state index in [-0.39, 0.29) is 100 Å². The minimum absolute atomic E-state index is 0. The van der Waals surface area contributed by atoms with Crippen molar-refractivity contribution in [3.05, 3.63) is 48.6 Å². The Bertz CT molecular complexity index is 1410. The number of hydrogen-bond acceptors (Lipinski definition) is 12. The van der Waals surface area contributed by atoms with Crippen LogP contribution in [-0.4, -0.2) is 121 Å². The number of carbonyl (C=O) groups is 4. The molecule has 0 rings (SSSR count). The van der Waals surface area contributed by atoms with Crippen LogP contribution in [0.2, 0.25) is 0 Å². The molecule has 0 N–H and O–H groups in total. The maximum atomic E-state index is 11.3. The van der Waals surface area contributed by atoms with E-state index >= 15 is 0 Å². The molecule has 0 aliphatic heterocycles. The van der Waals surface area contributed by atoms with Crippen molar-refractivity contribution in [2.75, 3.05) is 49.4 Å². The van der Waals surface area contributed by atoms with Gasteiger partial charge in [0.1, 0.15) is 0 Å². The second-order valence-electron chi connectivity index (χ2n) is 26.4. The molecule has 15 heteroatoms. The molecule has 0 unspecified atom stereocenters. The van der Waals surface area contributed by atoms with Crippen LogP contribution in [0.1, 0.15) is 428 Å². The van der Waals surface area contributed by atoms with Crippen molar-refractivity contribution in [3.8, 4) is 0 Å². The Morgan fingerprint density at radius 1 is 0.218 bits per heavy atom. The van der Waals surface area contributed by atoms with Crippen LogP contribution < -0.4 is 0 Å². The van der Waals surface area contributed by atoms with Crippen LogP contribution in [0.3, 0.4) is 0 Å². The Hall–Kier alpha value is 0.187. The van der Waals surface area contributed by atoms with Gasteiger partial charge < -0.3 is 69.5 Å². The molecule has 0 saturated heterocycles. The van der Waals surface area contributed by atoms with E-state index in [9.17, 15) is 19.2 Å². The third kappa shape index (κ3) is 124. The molecule has 0 atom stereocenters. The van der Waals surface area contributed by atoms with E-state index in [1.54, 1.807) is 0 Å². The second kappa shape index (κ2) is 116. The second-order valence-corrected chi connectivity index (χ2v) is 28.1. The molecule has 101 heavy (non-hydrogen) atoms. The number of unbranched alkanes of at least 4 members (excludes halogenated alkanes) is 48.